The molecule has 9 fully saturated rings. The average molecular weight is 543 g/mol. The summed E-state index contributed by atoms with van der Waals surface area (Å²) in [5.41, 5.74) is -1.90. The molecule has 5 atom stereocenters. The first-order chi connectivity index (χ1) is 16.9. The summed E-state index contributed by atoms with van der Waals surface area (Å²) in [5, 5.41) is 11.2. The number of ether oxygens (including phenoxy) is 2. The summed E-state index contributed by atoms with van der Waals surface area (Å²) in [5.74, 6) is -2.04. The van der Waals surface area contributed by atoms with Gasteiger partial charge in [0.1, 0.15) is 12.2 Å². The van der Waals surface area contributed by atoms with E-state index in [1.165, 1.54) is 0 Å². The van der Waals surface area contributed by atoms with E-state index in [-0.39, 0.29) is 15.3 Å². The maximum absolute atomic E-state index is 13.6. The molecular formula is C27H36F2O5S2. The molecule has 0 aromatic carbocycles. The predicted octanol–water partition coefficient (Wildman–Crippen LogP) is 5.18. The Morgan fingerprint density at radius 1 is 0.972 bits per heavy atom. The summed E-state index contributed by atoms with van der Waals surface area (Å²) in [7, 11) is 0. The second-order valence-corrected chi connectivity index (χ2v) is 16.8. The van der Waals surface area contributed by atoms with Gasteiger partial charge < -0.3 is 14.6 Å². The van der Waals surface area contributed by atoms with Crippen LogP contribution >= 0.6 is 23.5 Å². The van der Waals surface area contributed by atoms with Crippen molar-refractivity contribution in [3.8, 4) is 0 Å². The van der Waals surface area contributed by atoms with Crippen LogP contribution in [0.4, 0.5) is 8.78 Å². The molecule has 9 heteroatoms. The van der Waals surface area contributed by atoms with Crippen LogP contribution in [0.3, 0.4) is 0 Å². The van der Waals surface area contributed by atoms with Crippen LogP contribution in [0.2, 0.25) is 0 Å². The highest BCUT2D eigenvalue weighted by Crippen LogP contribution is 2.71. The minimum absolute atomic E-state index is 0.00841. The Morgan fingerprint density at radius 3 is 2.25 bits per heavy atom. The third kappa shape index (κ3) is 3.71. The van der Waals surface area contributed by atoms with Crippen molar-refractivity contribution in [1.82, 2.24) is 0 Å². The molecule has 0 aromatic rings. The number of esters is 2. The Kier molecular flexibility index (Phi) is 5.29. The van der Waals surface area contributed by atoms with Gasteiger partial charge in [0.25, 0.3) is 0 Å². The molecule has 0 amide bonds. The molecule has 0 aromatic heterocycles. The van der Waals surface area contributed by atoms with Crippen molar-refractivity contribution >= 4 is 35.5 Å². The van der Waals surface area contributed by atoms with Crippen LogP contribution in [0.15, 0.2) is 0 Å². The molecule has 200 valence electrons. The molecule has 9 aliphatic rings. The van der Waals surface area contributed by atoms with Crippen molar-refractivity contribution in [1.29, 1.82) is 0 Å². The number of halogens is 2. The van der Waals surface area contributed by atoms with Crippen LogP contribution in [0.1, 0.15) is 77.6 Å². The Labute approximate surface area is 219 Å². The highest BCUT2D eigenvalue weighted by atomic mass is 32.2. The van der Waals surface area contributed by atoms with Gasteiger partial charge in [0, 0.05) is 17.9 Å². The summed E-state index contributed by atoms with van der Waals surface area (Å²) in [6, 6.07) is 0. The summed E-state index contributed by atoms with van der Waals surface area (Å²) in [6.45, 7) is 1.02. The number of hydrogen-bond donors (Lipinski definition) is 1. The van der Waals surface area contributed by atoms with E-state index in [1.807, 2.05) is 23.5 Å². The molecule has 0 radical (unpaired) electrons. The van der Waals surface area contributed by atoms with Crippen LogP contribution in [-0.4, -0.2) is 55.9 Å². The van der Waals surface area contributed by atoms with Gasteiger partial charge in [0.15, 0.2) is 0 Å². The van der Waals surface area contributed by atoms with E-state index in [0.29, 0.717) is 68.8 Å². The van der Waals surface area contributed by atoms with Crippen molar-refractivity contribution < 1.29 is 33.0 Å². The molecule has 9 rings (SSSR count). The number of carbonyl (C=O) groups excluding carboxylic acids is 2. The molecule has 8 saturated carbocycles. The Hall–Kier alpha value is -0.540. The molecule has 1 saturated heterocycles. The summed E-state index contributed by atoms with van der Waals surface area (Å²) < 4.78 is 38.8. The molecule has 5 nitrogen and oxygen atoms in total. The van der Waals surface area contributed by atoms with Crippen molar-refractivity contribution in [2.75, 3.05) is 12.4 Å². The minimum atomic E-state index is -3.46. The Balaban J connectivity index is 1.01. The topological polar surface area (TPSA) is 72.8 Å². The van der Waals surface area contributed by atoms with Gasteiger partial charge in [0.05, 0.1) is 15.1 Å². The van der Waals surface area contributed by atoms with Crippen LogP contribution in [0.25, 0.3) is 0 Å². The number of thioether (sulfide) groups is 2. The van der Waals surface area contributed by atoms with Crippen molar-refractivity contribution in [3.63, 3.8) is 0 Å². The number of alkyl halides is 2. The monoisotopic (exact) mass is 542 g/mol. The van der Waals surface area contributed by atoms with Crippen LogP contribution in [-0.2, 0) is 19.1 Å². The van der Waals surface area contributed by atoms with Gasteiger partial charge in [-0.15, -0.1) is 23.5 Å². The minimum Gasteiger partial charge on any atom is -0.464 e. The molecule has 1 heterocycles. The van der Waals surface area contributed by atoms with Crippen LogP contribution in [0, 0.1) is 35.0 Å². The second kappa shape index (κ2) is 7.77. The molecule has 1 aliphatic heterocycles. The van der Waals surface area contributed by atoms with E-state index in [0.717, 1.165) is 50.7 Å². The first-order valence-electron chi connectivity index (χ1n) is 13.7. The summed E-state index contributed by atoms with van der Waals surface area (Å²) >= 11 is 3.90. The van der Waals surface area contributed by atoms with Crippen molar-refractivity contribution in [2.24, 2.45) is 35.0 Å². The van der Waals surface area contributed by atoms with E-state index in [4.69, 9.17) is 9.47 Å². The quantitative estimate of drug-likeness (QED) is 0.480. The van der Waals surface area contributed by atoms with E-state index < -0.39 is 28.5 Å². The summed E-state index contributed by atoms with van der Waals surface area (Å²) in [4.78, 5) is 25.4. The fraction of sp³-hybridized carbons (Fsp3) is 0.926. The summed E-state index contributed by atoms with van der Waals surface area (Å²) in [6.07, 6.45) is 9.29. The molecule has 1 N–H and O–H groups in total. The molecule has 5 unspecified atom stereocenters. The van der Waals surface area contributed by atoms with Gasteiger partial charge in [-0.1, -0.05) is 0 Å². The number of aliphatic hydroxyl groups is 1. The van der Waals surface area contributed by atoms with Gasteiger partial charge in [-0.2, -0.15) is 8.78 Å². The SMILES string of the molecule is CC(F)(F)C(=O)OC12CC3CC(C1)C1(SCC(COC(=O)C45CC6CC(CC(O)(C6)C4)C5)S1)C(C3)C2. The standard InChI is InChI=1S/C27H36F2O5S2/c1-23(28,29)21(30)34-26-9-15-3-18(10-26)27(19(4-15)11-26)35-13-20(36-27)12-33-22(31)24-5-16-2-17(6-24)8-25(32,7-16)14-24/h15-20,32H,2-14H2,1H3. The maximum atomic E-state index is 13.6. The normalized spacial score (nSPS) is 52.2. The Morgan fingerprint density at radius 2 is 1.64 bits per heavy atom. The largest absolute Gasteiger partial charge is 0.464 e. The zero-order chi connectivity index (χ0) is 25.1. The zero-order valence-corrected chi connectivity index (χ0v) is 22.4. The number of rotatable bonds is 5. The van der Waals surface area contributed by atoms with Crippen molar-refractivity contribution in [3.05, 3.63) is 0 Å². The highest BCUT2D eigenvalue weighted by Gasteiger charge is 2.67. The third-order valence-corrected chi connectivity index (χ3v) is 14.9. The van der Waals surface area contributed by atoms with E-state index in [9.17, 15) is 23.5 Å². The number of hydrogen-bond acceptors (Lipinski definition) is 7. The molecule has 1 spiro atoms. The van der Waals surface area contributed by atoms with Gasteiger partial charge in [-0.25, -0.2) is 4.79 Å². The lowest BCUT2D eigenvalue weighted by Gasteiger charge is -2.63. The smallest absolute Gasteiger partial charge is 0.377 e. The van der Waals surface area contributed by atoms with E-state index in [2.05, 4.69) is 0 Å². The van der Waals surface area contributed by atoms with Crippen LogP contribution in [0.5, 0.6) is 0 Å². The molecule has 8 aliphatic carbocycles. The number of carbonyl (C=O) groups is 2. The lowest BCUT2D eigenvalue weighted by atomic mass is 9.48. The van der Waals surface area contributed by atoms with Crippen LogP contribution < -0.4 is 0 Å². The second-order valence-electron chi connectivity index (χ2n) is 13.6. The average Bonchev–Trinajstić information content (AvgIpc) is 3.18. The third-order valence-electron chi connectivity index (χ3n) is 10.6. The highest BCUT2D eigenvalue weighted by molar-refractivity contribution is 8.21. The van der Waals surface area contributed by atoms with Crippen molar-refractivity contribution in [2.45, 2.75) is 104 Å². The predicted molar refractivity (Wildman–Crippen MR) is 133 cm³/mol. The first kappa shape index (κ1) is 24.5. The maximum Gasteiger partial charge on any atom is 0.377 e. The first-order valence-corrected chi connectivity index (χ1v) is 15.6. The lowest BCUT2D eigenvalue weighted by molar-refractivity contribution is -0.208. The fourth-order valence-corrected chi connectivity index (χ4v) is 14.2. The zero-order valence-electron chi connectivity index (χ0n) is 20.8. The molecule has 36 heavy (non-hydrogen) atoms. The van der Waals surface area contributed by atoms with E-state index in [1.54, 1.807) is 0 Å². The Bertz CT molecular complexity index is 952. The van der Waals surface area contributed by atoms with E-state index >= 15 is 0 Å². The molecular weight excluding hydrogens is 506 g/mol. The molecule has 8 bridgehead atoms. The van der Waals surface area contributed by atoms with Gasteiger partial charge >= 0.3 is 17.9 Å². The lowest BCUT2D eigenvalue weighted by Crippen LogP contribution is -2.62. The van der Waals surface area contributed by atoms with Gasteiger partial charge in [-0.05, 0) is 100 Å². The van der Waals surface area contributed by atoms with Gasteiger partial charge in [0.2, 0.25) is 0 Å². The van der Waals surface area contributed by atoms with Gasteiger partial charge in [-0.3, -0.25) is 4.79 Å². The fourth-order valence-electron chi connectivity index (χ4n) is 10.1.